The van der Waals surface area contributed by atoms with Crippen LogP contribution in [0.1, 0.15) is 53.0 Å². The number of ketones is 1. The highest BCUT2D eigenvalue weighted by atomic mass is 16.5. The van der Waals surface area contributed by atoms with E-state index in [0.29, 0.717) is 0 Å². The molecule has 1 aromatic carbocycles. The van der Waals surface area contributed by atoms with Crippen molar-refractivity contribution in [2.24, 2.45) is 0 Å². The molecule has 4 heteroatoms. The summed E-state index contributed by atoms with van der Waals surface area (Å²) in [6.07, 6.45) is 2.05. The number of nitrogens with two attached hydrogens (primary N) is 1. The zero-order chi connectivity index (χ0) is 17.1. The molecule has 1 unspecified atom stereocenters. The number of benzene rings is 1. The SMILES string of the molecule is CC.CC.COc1ccc(CN2CCCC2C(C)=O)c(N)c1. The smallest absolute Gasteiger partial charge is 0.146 e. The number of hydrogen-bond acceptors (Lipinski definition) is 4. The summed E-state index contributed by atoms with van der Waals surface area (Å²) >= 11 is 0. The third kappa shape index (κ3) is 5.68. The summed E-state index contributed by atoms with van der Waals surface area (Å²) in [7, 11) is 1.63. The quantitative estimate of drug-likeness (QED) is 0.858. The lowest BCUT2D eigenvalue weighted by atomic mass is 10.1. The van der Waals surface area contributed by atoms with Gasteiger partial charge in [0.1, 0.15) is 11.5 Å². The molecule has 1 atom stereocenters. The number of rotatable bonds is 4. The van der Waals surface area contributed by atoms with E-state index in [2.05, 4.69) is 4.90 Å². The Bertz CT molecular complexity index is 447. The Kier molecular flexibility index (Phi) is 10.3. The maximum Gasteiger partial charge on any atom is 0.146 e. The fourth-order valence-corrected chi connectivity index (χ4v) is 2.54. The van der Waals surface area contributed by atoms with Gasteiger partial charge in [-0.25, -0.2) is 0 Å². The average molecular weight is 308 g/mol. The fourth-order valence-electron chi connectivity index (χ4n) is 2.54. The van der Waals surface area contributed by atoms with Crippen LogP contribution >= 0.6 is 0 Å². The second kappa shape index (κ2) is 11.1. The Labute approximate surface area is 135 Å². The van der Waals surface area contributed by atoms with Crippen molar-refractivity contribution in [1.82, 2.24) is 4.90 Å². The van der Waals surface area contributed by atoms with Crippen LogP contribution in [-0.2, 0) is 11.3 Å². The number of anilines is 1. The van der Waals surface area contributed by atoms with Gasteiger partial charge in [0.05, 0.1) is 13.2 Å². The molecule has 1 fully saturated rings. The number of ether oxygens (including phenoxy) is 1. The fraction of sp³-hybridized carbons (Fsp3) is 0.611. The summed E-state index contributed by atoms with van der Waals surface area (Å²) < 4.78 is 5.13. The van der Waals surface area contributed by atoms with E-state index in [1.165, 1.54) is 0 Å². The van der Waals surface area contributed by atoms with Crippen LogP contribution in [0.2, 0.25) is 0 Å². The molecule has 2 rings (SSSR count). The Hall–Kier alpha value is -1.55. The highest BCUT2D eigenvalue weighted by Gasteiger charge is 2.28. The lowest BCUT2D eigenvalue weighted by molar-refractivity contribution is -0.121. The van der Waals surface area contributed by atoms with Crippen LogP contribution in [0, 0.1) is 0 Å². The Morgan fingerprint density at radius 1 is 1.32 bits per heavy atom. The maximum atomic E-state index is 11.5. The van der Waals surface area contributed by atoms with Gasteiger partial charge in [-0.2, -0.15) is 0 Å². The number of hydrogen-bond donors (Lipinski definition) is 1. The van der Waals surface area contributed by atoms with E-state index < -0.39 is 0 Å². The van der Waals surface area contributed by atoms with Crippen molar-refractivity contribution in [2.45, 2.75) is 60.0 Å². The Morgan fingerprint density at radius 3 is 2.45 bits per heavy atom. The third-order valence-corrected chi connectivity index (χ3v) is 3.56. The first-order chi connectivity index (χ1) is 10.6. The molecule has 0 amide bonds. The van der Waals surface area contributed by atoms with Crippen LogP contribution in [0.4, 0.5) is 5.69 Å². The van der Waals surface area contributed by atoms with E-state index in [1.807, 2.05) is 45.9 Å². The van der Waals surface area contributed by atoms with Crippen LogP contribution in [-0.4, -0.2) is 30.4 Å². The molecule has 1 aliphatic rings. The van der Waals surface area contributed by atoms with Crippen molar-refractivity contribution in [3.63, 3.8) is 0 Å². The highest BCUT2D eigenvalue weighted by Crippen LogP contribution is 2.25. The van der Waals surface area contributed by atoms with Crippen molar-refractivity contribution in [1.29, 1.82) is 0 Å². The van der Waals surface area contributed by atoms with Gasteiger partial charge in [-0.15, -0.1) is 0 Å². The predicted octanol–water partition coefficient (Wildman–Crippen LogP) is 3.88. The minimum atomic E-state index is 0.0616. The lowest BCUT2D eigenvalue weighted by Gasteiger charge is -2.23. The molecule has 4 nitrogen and oxygen atoms in total. The summed E-state index contributed by atoms with van der Waals surface area (Å²) in [4.78, 5) is 13.7. The number of methoxy groups -OCH3 is 1. The zero-order valence-electron chi connectivity index (χ0n) is 15.0. The van der Waals surface area contributed by atoms with Gasteiger partial charge in [-0.05, 0) is 37.9 Å². The van der Waals surface area contributed by atoms with E-state index in [1.54, 1.807) is 14.0 Å². The Balaban J connectivity index is 0.00000102. The molecule has 0 radical (unpaired) electrons. The third-order valence-electron chi connectivity index (χ3n) is 3.56. The zero-order valence-corrected chi connectivity index (χ0v) is 15.0. The van der Waals surface area contributed by atoms with Crippen LogP contribution in [0.3, 0.4) is 0 Å². The number of nitrogens with zero attached hydrogens (tertiary/aromatic N) is 1. The summed E-state index contributed by atoms with van der Waals surface area (Å²) in [6, 6.07) is 5.77. The minimum Gasteiger partial charge on any atom is -0.497 e. The highest BCUT2D eigenvalue weighted by molar-refractivity contribution is 5.81. The summed E-state index contributed by atoms with van der Waals surface area (Å²) in [6.45, 7) is 11.4. The van der Waals surface area contributed by atoms with Gasteiger partial charge in [-0.3, -0.25) is 9.69 Å². The minimum absolute atomic E-state index is 0.0616. The molecule has 2 N–H and O–H groups in total. The van der Waals surface area contributed by atoms with Crippen molar-refractivity contribution in [2.75, 3.05) is 19.4 Å². The van der Waals surface area contributed by atoms with Gasteiger partial charge in [0.15, 0.2) is 0 Å². The molecule has 22 heavy (non-hydrogen) atoms. The molecular formula is C18H32N2O2. The van der Waals surface area contributed by atoms with E-state index in [-0.39, 0.29) is 11.8 Å². The Morgan fingerprint density at radius 2 is 1.95 bits per heavy atom. The molecular weight excluding hydrogens is 276 g/mol. The predicted molar refractivity (Wildman–Crippen MR) is 94.2 cm³/mol. The molecule has 0 saturated carbocycles. The van der Waals surface area contributed by atoms with Crippen LogP contribution in [0.5, 0.6) is 5.75 Å². The van der Waals surface area contributed by atoms with E-state index in [9.17, 15) is 4.79 Å². The summed E-state index contributed by atoms with van der Waals surface area (Å²) in [5, 5.41) is 0. The molecule has 1 heterocycles. The maximum absolute atomic E-state index is 11.5. The second-order valence-electron chi connectivity index (χ2n) is 4.80. The van der Waals surface area contributed by atoms with Crippen LogP contribution in [0.25, 0.3) is 0 Å². The molecule has 0 bridgehead atoms. The van der Waals surface area contributed by atoms with Crippen molar-refractivity contribution >= 4 is 11.5 Å². The molecule has 0 aliphatic carbocycles. The van der Waals surface area contributed by atoms with Crippen molar-refractivity contribution in [3.05, 3.63) is 23.8 Å². The first-order valence-electron chi connectivity index (χ1n) is 8.28. The van der Waals surface area contributed by atoms with Gasteiger partial charge in [0, 0.05) is 18.3 Å². The number of likely N-dealkylation sites (tertiary alicyclic amines) is 1. The first-order valence-corrected chi connectivity index (χ1v) is 8.28. The molecule has 0 spiro atoms. The monoisotopic (exact) mass is 308 g/mol. The van der Waals surface area contributed by atoms with Crippen LogP contribution in [0.15, 0.2) is 18.2 Å². The van der Waals surface area contributed by atoms with Gasteiger partial charge in [0.2, 0.25) is 0 Å². The van der Waals surface area contributed by atoms with E-state index >= 15 is 0 Å². The van der Waals surface area contributed by atoms with Gasteiger partial charge < -0.3 is 10.5 Å². The van der Waals surface area contributed by atoms with E-state index in [4.69, 9.17) is 10.5 Å². The summed E-state index contributed by atoms with van der Waals surface area (Å²) in [5.74, 6) is 1.01. The molecule has 1 aliphatic heterocycles. The van der Waals surface area contributed by atoms with E-state index in [0.717, 1.165) is 42.9 Å². The van der Waals surface area contributed by atoms with Crippen LogP contribution < -0.4 is 10.5 Å². The number of nitrogen functional groups attached to an aromatic ring is 1. The standard InChI is InChI=1S/C14H20N2O2.2C2H6/c1-10(17)14-4-3-7-16(14)9-11-5-6-12(18-2)8-13(11)15;2*1-2/h5-6,8,14H,3-4,7,9,15H2,1-2H3;2*1-2H3. The van der Waals surface area contributed by atoms with Gasteiger partial charge in [0.25, 0.3) is 0 Å². The van der Waals surface area contributed by atoms with Gasteiger partial charge >= 0.3 is 0 Å². The number of Topliss-reactive ketones (excluding diaryl/α,β-unsaturated/α-hetero) is 1. The molecule has 1 aromatic rings. The van der Waals surface area contributed by atoms with Crippen molar-refractivity contribution < 1.29 is 9.53 Å². The van der Waals surface area contributed by atoms with Gasteiger partial charge in [-0.1, -0.05) is 33.8 Å². The molecule has 1 saturated heterocycles. The number of carbonyl (C=O) groups excluding carboxylic acids is 1. The average Bonchev–Trinajstić information content (AvgIpc) is 3.01. The normalized spacial score (nSPS) is 16.9. The second-order valence-corrected chi connectivity index (χ2v) is 4.80. The lowest BCUT2D eigenvalue weighted by Crippen LogP contribution is -2.34. The molecule has 0 aromatic heterocycles. The summed E-state index contributed by atoms with van der Waals surface area (Å²) in [5.41, 5.74) is 7.79. The topological polar surface area (TPSA) is 55.6 Å². The number of carbonyl (C=O) groups is 1. The molecule has 126 valence electrons. The first kappa shape index (κ1) is 20.5. The largest absolute Gasteiger partial charge is 0.497 e. The van der Waals surface area contributed by atoms with Crippen molar-refractivity contribution in [3.8, 4) is 5.75 Å².